The minimum atomic E-state index is -0.581. The van der Waals surface area contributed by atoms with Gasteiger partial charge in [-0.3, -0.25) is 4.79 Å². The van der Waals surface area contributed by atoms with E-state index in [1.54, 1.807) is 20.3 Å². The van der Waals surface area contributed by atoms with E-state index in [2.05, 4.69) is 5.32 Å². The highest BCUT2D eigenvalue weighted by Crippen LogP contribution is 2.47. The molecular formula is C29H32ClNO5. The number of methoxy groups -OCH3 is 2. The standard InChI is InChI=1S/C29H32ClNO5/c1-5-6-13-36-29(33)26-17(2)31-22-14-19(18-11-12-24(34-3)25(16-18)35-4)15-23(32)28(22)27(26)20-9-7-8-10-21(20)30/h7-12,16,19,27,31H,5-6,13-15H2,1-4H3/t19-,27+/m0/s1. The van der Waals surface area contributed by atoms with Crippen LogP contribution in [-0.4, -0.2) is 32.6 Å². The lowest BCUT2D eigenvalue weighted by atomic mass is 9.71. The molecule has 4 rings (SSSR count). The largest absolute Gasteiger partial charge is 0.493 e. The molecule has 0 radical (unpaired) electrons. The van der Waals surface area contributed by atoms with Crippen LogP contribution in [0.1, 0.15) is 62.5 Å². The lowest BCUT2D eigenvalue weighted by Crippen LogP contribution is -2.36. The number of rotatable bonds is 8. The number of hydrogen-bond acceptors (Lipinski definition) is 6. The second kappa shape index (κ2) is 11.2. The number of allylic oxidation sites excluding steroid dienone is 3. The van der Waals surface area contributed by atoms with E-state index in [0.717, 1.165) is 29.7 Å². The van der Waals surface area contributed by atoms with E-state index in [4.69, 9.17) is 25.8 Å². The van der Waals surface area contributed by atoms with Crippen LogP contribution in [0.3, 0.4) is 0 Å². The van der Waals surface area contributed by atoms with E-state index in [-0.39, 0.29) is 11.7 Å². The van der Waals surface area contributed by atoms with Gasteiger partial charge in [0, 0.05) is 34.3 Å². The van der Waals surface area contributed by atoms with Gasteiger partial charge in [-0.05, 0) is 55.0 Å². The Morgan fingerprint density at radius 3 is 2.53 bits per heavy atom. The van der Waals surface area contributed by atoms with Crippen LogP contribution in [-0.2, 0) is 14.3 Å². The van der Waals surface area contributed by atoms with Gasteiger partial charge in [0.25, 0.3) is 0 Å². The Bertz CT molecular complexity index is 1230. The molecular weight excluding hydrogens is 478 g/mol. The van der Waals surface area contributed by atoms with Crippen LogP contribution in [0.25, 0.3) is 0 Å². The first-order valence-electron chi connectivity index (χ1n) is 12.3. The molecule has 0 amide bonds. The predicted octanol–water partition coefficient (Wildman–Crippen LogP) is 6.06. The zero-order valence-electron chi connectivity index (χ0n) is 21.2. The Hall–Kier alpha value is -3.25. The van der Waals surface area contributed by atoms with Crippen LogP contribution >= 0.6 is 11.6 Å². The highest BCUT2D eigenvalue weighted by atomic mass is 35.5. The quantitative estimate of drug-likeness (QED) is 0.344. The summed E-state index contributed by atoms with van der Waals surface area (Å²) in [6.07, 6.45) is 2.63. The van der Waals surface area contributed by atoms with Gasteiger partial charge < -0.3 is 19.5 Å². The number of benzene rings is 2. The van der Waals surface area contributed by atoms with Crippen molar-refractivity contribution in [2.75, 3.05) is 20.8 Å². The van der Waals surface area contributed by atoms with Crippen molar-refractivity contribution in [3.8, 4) is 11.5 Å². The number of Topliss-reactive ketones (excluding diaryl/α,β-unsaturated/α-hetero) is 1. The van der Waals surface area contributed by atoms with Gasteiger partial charge in [-0.15, -0.1) is 0 Å². The Balaban J connectivity index is 1.75. The van der Waals surface area contributed by atoms with Gasteiger partial charge >= 0.3 is 5.97 Å². The Kier molecular flexibility index (Phi) is 8.04. The summed E-state index contributed by atoms with van der Waals surface area (Å²) < 4.78 is 16.4. The highest BCUT2D eigenvalue weighted by Gasteiger charge is 2.42. The molecule has 2 aromatic carbocycles. The van der Waals surface area contributed by atoms with Crippen LogP contribution in [0.4, 0.5) is 0 Å². The smallest absolute Gasteiger partial charge is 0.336 e. The molecule has 2 aromatic rings. The van der Waals surface area contributed by atoms with E-state index in [9.17, 15) is 9.59 Å². The summed E-state index contributed by atoms with van der Waals surface area (Å²) in [4.78, 5) is 27.0. The third-order valence-electron chi connectivity index (χ3n) is 6.87. The molecule has 0 fully saturated rings. The lowest BCUT2D eigenvalue weighted by Gasteiger charge is -2.37. The van der Waals surface area contributed by atoms with Gasteiger partial charge in [0.2, 0.25) is 0 Å². The minimum Gasteiger partial charge on any atom is -0.493 e. The summed E-state index contributed by atoms with van der Waals surface area (Å²) in [5.41, 5.74) is 4.26. The number of ketones is 1. The number of esters is 1. The number of unbranched alkanes of at least 4 members (excludes halogenated alkanes) is 1. The fraction of sp³-hybridized carbons (Fsp3) is 0.379. The van der Waals surface area contributed by atoms with Crippen LogP contribution in [0, 0.1) is 0 Å². The molecule has 0 unspecified atom stereocenters. The van der Waals surface area contributed by atoms with E-state index in [1.165, 1.54) is 0 Å². The van der Waals surface area contributed by atoms with Crippen LogP contribution < -0.4 is 14.8 Å². The van der Waals surface area contributed by atoms with Gasteiger partial charge in [-0.1, -0.05) is 49.2 Å². The Morgan fingerprint density at radius 1 is 1.08 bits per heavy atom. The molecule has 1 N–H and O–H groups in total. The number of halogens is 1. The summed E-state index contributed by atoms with van der Waals surface area (Å²) in [6, 6.07) is 13.1. The molecule has 7 heteroatoms. The fourth-order valence-corrected chi connectivity index (χ4v) is 5.30. The van der Waals surface area contributed by atoms with E-state index < -0.39 is 11.9 Å². The number of hydrogen-bond donors (Lipinski definition) is 1. The van der Waals surface area contributed by atoms with Gasteiger partial charge in [-0.2, -0.15) is 0 Å². The average molecular weight is 510 g/mol. The number of ether oxygens (including phenoxy) is 3. The second-order valence-corrected chi connectivity index (χ2v) is 9.55. The summed E-state index contributed by atoms with van der Waals surface area (Å²) in [5.74, 6) is 0.215. The molecule has 1 heterocycles. The molecule has 0 spiro atoms. The zero-order valence-corrected chi connectivity index (χ0v) is 21.9. The first-order valence-corrected chi connectivity index (χ1v) is 12.6. The van der Waals surface area contributed by atoms with E-state index in [0.29, 0.717) is 52.8 Å². The van der Waals surface area contributed by atoms with Crippen molar-refractivity contribution in [3.05, 3.63) is 81.2 Å². The molecule has 6 nitrogen and oxygen atoms in total. The molecule has 1 aliphatic heterocycles. The Labute approximate surface area is 217 Å². The van der Waals surface area contributed by atoms with Gasteiger partial charge in [0.05, 0.1) is 26.4 Å². The fourth-order valence-electron chi connectivity index (χ4n) is 5.06. The molecule has 2 aliphatic rings. The van der Waals surface area contributed by atoms with Gasteiger partial charge in [0.15, 0.2) is 17.3 Å². The summed E-state index contributed by atoms with van der Waals surface area (Å²) in [5, 5.41) is 3.89. The third kappa shape index (κ3) is 5.00. The molecule has 2 atom stereocenters. The maximum absolute atomic E-state index is 13.7. The van der Waals surface area contributed by atoms with Gasteiger partial charge in [-0.25, -0.2) is 4.79 Å². The van der Waals surface area contributed by atoms with Crippen LogP contribution in [0.15, 0.2) is 65.0 Å². The first-order chi connectivity index (χ1) is 17.4. The van der Waals surface area contributed by atoms with Crippen molar-refractivity contribution in [3.63, 3.8) is 0 Å². The topological polar surface area (TPSA) is 73.9 Å². The van der Waals surface area contributed by atoms with Crippen molar-refractivity contribution in [2.24, 2.45) is 0 Å². The average Bonchev–Trinajstić information content (AvgIpc) is 2.87. The number of dihydropyridines is 1. The molecule has 1 aliphatic carbocycles. The second-order valence-electron chi connectivity index (χ2n) is 9.14. The minimum absolute atomic E-state index is 0.0141. The van der Waals surface area contributed by atoms with Crippen molar-refractivity contribution in [2.45, 2.75) is 51.4 Å². The molecule has 36 heavy (non-hydrogen) atoms. The molecule has 0 saturated heterocycles. The van der Waals surface area contributed by atoms with Crippen LogP contribution in [0.2, 0.25) is 5.02 Å². The Morgan fingerprint density at radius 2 is 1.83 bits per heavy atom. The predicted molar refractivity (Wildman–Crippen MR) is 139 cm³/mol. The maximum atomic E-state index is 13.7. The van der Waals surface area contributed by atoms with Crippen molar-refractivity contribution in [1.29, 1.82) is 0 Å². The molecule has 0 aromatic heterocycles. The molecule has 0 bridgehead atoms. The molecule has 190 valence electrons. The lowest BCUT2D eigenvalue weighted by molar-refractivity contribution is -0.139. The zero-order chi connectivity index (χ0) is 25.8. The number of carbonyl (C=O) groups excluding carboxylic acids is 2. The van der Waals surface area contributed by atoms with Crippen molar-refractivity contribution >= 4 is 23.4 Å². The maximum Gasteiger partial charge on any atom is 0.336 e. The first kappa shape index (κ1) is 25.8. The van der Waals surface area contributed by atoms with E-state index in [1.807, 2.05) is 50.2 Å². The SMILES string of the molecule is CCCCOC(=O)C1=C(C)NC2=C(C(=O)C[C@@H](c3ccc(OC)c(OC)c3)C2)[C@@H]1c1ccccc1Cl. The number of carbonyl (C=O) groups is 2. The number of nitrogens with one attached hydrogen (secondary N) is 1. The van der Waals surface area contributed by atoms with E-state index >= 15 is 0 Å². The third-order valence-corrected chi connectivity index (χ3v) is 7.22. The summed E-state index contributed by atoms with van der Waals surface area (Å²) in [7, 11) is 3.19. The monoisotopic (exact) mass is 509 g/mol. The normalized spacial score (nSPS) is 19.5. The highest BCUT2D eigenvalue weighted by molar-refractivity contribution is 6.31. The van der Waals surface area contributed by atoms with Gasteiger partial charge in [0.1, 0.15) is 0 Å². The summed E-state index contributed by atoms with van der Waals surface area (Å²) >= 11 is 6.61. The van der Waals surface area contributed by atoms with Crippen molar-refractivity contribution in [1.82, 2.24) is 5.32 Å². The summed E-state index contributed by atoms with van der Waals surface area (Å²) in [6.45, 7) is 4.23. The van der Waals surface area contributed by atoms with Crippen LogP contribution in [0.5, 0.6) is 11.5 Å². The van der Waals surface area contributed by atoms with Crippen molar-refractivity contribution < 1.29 is 23.8 Å². The molecule has 0 saturated carbocycles.